The van der Waals surface area contributed by atoms with Gasteiger partial charge in [-0.1, -0.05) is 18.2 Å². The molecule has 7 heteroatoms. The van der Waals surface area contributed by atoms with Crippen LogP contribution in [0.25, 0.3) is 5.57 Å². The van der Waals surface area contributed by atoms with Gasteiger partial charge in [0.2, 0.25) is 0 Å². The number of nitrogens with one attached hydrogen (secondary N) is 1. The molecule has 0 radical (unpaired) electrons. The number of nitrogens with zero attached hydrogens (tertiary/aromatic N) is 1. The van der Waals surface area contributed by atoms with E-state index in [-0.39, 0.29) is 17.8 Å². The first kappa shape index (κ1) is 19.2. The molecule has 0 aromatic heterocycles. The largest absolute Gasteiger partial charge is 0.493 e. The maximum Gasteiger partial charge on any atom is 0.278 e. The zero-order valence-corrected chi connectivity index (χ0v) is 15.5. The van der Waals surface area contributed by atoms with Gasteiger partial charge in [0, 0.05) is 18.3 Å². The highest BCUT2D eigenvalue weighted by molar-refractivity contribution is 6.36. The highest BCUT2D eigenvalue weighted by Crippen LogP contribution is 2.34. The second kappa shape index (κ2) is 7.96. The second-order valence-electron chi connectivity index (χ2n) is 5.96. The fraction of sp³-hybridized carbons (Fsp3) is 0.143. The van der Waals surface area contributed by atoms with Gasteiger partial charge in [0.05, 0.1) is 19.8 Å². The molecule has 2 amide bonds. The highest BCUT2D eigenvalue weighted by atomic mass is 19.1. The molecular formula is C21H19FN2O4. The van der Waals surface area contributed by atoms with Crippen LogP contribution in [-0.2, 0) is 9.59 Å². The summed E-state index contributed by atoms with van der Waals surface area (Å²) in [4.78, 5) is 26.8. The van der Waals surface area contributed by atoms with E-state index < -0.39 is 17.6 Å². The van der Waals surface area contributed by atoms with E-state index in [0.717, 1.165) is 4.90 Å². The third-order valence-corrected chi connectivity index (χ3v) is 4.27. The molecule has 0 atom stereocenters. The number of benzene rings is 2. The summed E-state index contributed by atoms with van der Waals surface area (Å²) in [5.74, 6) is -0.393. The second-order valence-corrected chi connectivity index (χ2v) is 5.96. The Balaban J connectivity index is 2.07. The molecule has 0 spiro atoms. The number of rotatable bonds is 7. The Morgan fingerprint density at radius 3 is 2.32 bits per heavy atom. The predicted molar refractivity (Wildman–Crippen MR) is 103 cm³/mol. The van der Waals surface area contributed by atoms with Crippen molar-refractivity contribution >= 4 is 23.1 Å². The van der Waals surface area contributed by atoms with Crippen LogP contribution in [0.2, 0.25) is 0 Å². The fourth-order valence-electron chi connectivity index (χ4n) is 2.93. The fourth-order valence-corrected chi connectivity index (χ4v) is 2.93. The number of amides is 2. The van der Waals surface area contributed by atoms with Crippen LogP contribution in [-0.4, -0.2) is 37.5 Å². The summed E-state index contributed by atoms with van der Waals surface area (Å²) in [6.45, 7) is 3.66. The number of carbonyl (C=O) groups excluding carboxylic acids is 2. The van der Waals surface area contributed by atoms with Crippen molar-refractivity contribution in [3.63, 3.8) is 0 Å². The lowest BCUT2D eigenvalue weighted by Gasteiger charge is -2.13. The molecular weight excluding hydrogens is 363 g/mol. The normalized spacial score (nSPS) is 13.8. The van der Waals surface area contributed by atoms with E-state index >= 15 is 0 Å². The number of imide groups is 1. The molecule has 28 heavy (non-hydrogen) atoms. The van der Waals surface area contributed by atoms with E-state index in [2.05, 4.69) is 11.9 Å². The lowest BCUT2D eigenvalue weighted by Crippen LogP contribution is -2.32. The molecule has 1 N–H and O–H groups in total. The Bertz CT molecular complexity index is 967. The number of hydrogen-bond donors (Lipinski definition) is 1. The first-order valence-electron chi connectivity index (χ1n) is 8.46. The van der Waals surface area contributed by atoms with E-state index in [4.69, 9.17) is 9.47 Å². The SMILES string of the molecule is C=CCN1C(=O)C(Nc2ccc(OC)c(OC)c2)=C(c2ccc(F)cc2)C1=O. The van der Waals surface area contributed by atoms with Crippen LogP contribution in [0.1, 0.15) is 5.56 Å². The summed E-state index contributed by atoms with van der Waals surface area (Å²) < 4.78 is 23.8. The van der Waals surface area contributed by atoms with Crippen LogP contribution >= 0.6 is 0 Å². The third kappa shape index (κ3) is 3.46. The Morgan fingerprint density at radius 1 is 1.04 bits per heavy atom. The predicted octanol–water partition coefficient (Wildman–Crippen LogP) is 3.22. The summed E-state index contributed by atoms with van der Waals surface area (Å²) in [6.07, 6.45) is 1.47. The summed E-state index contributed by atoms with van der Waals surface area (Å²) in [5.41, 5.74) is 1.25. The molecule has 0 fully saturated rings. The first-order chi connectivity index (χ1) is 13.5. The molecule has 2 aromatic carbocycles. The molecule has 144 valence electrons. The number of halogens is 1. The monoisotopic (exact) mass is 382 g/mol. The molecule has 1 aliphatic rings. The molecule has 0 saturated carbocycles. The number of methoxy groups -OCH3 is 2. The summed E-state index contributed by atoms with van der Waals surface area (Å²) in [6, 6.07) is 10.4. The van der Waals surface area contributed by atoms with Crippen molar-refractivity contribution in [2.24, 2.45) is 0 Å². The lowest BCUT2D eigenvalue weighted by molar-refractivity contribution is -0.136. The van der Waals surface area contributed by atoms with Crippen molar-refractivity contribution in [2.75, 3.05) is 26.1 Å². The zero-order valence-electron chi connectivity index (χ0n) is 15.5. The van der Waals surface area contributed by atoms with Crippen molar-refractivity contribution in [1.29, 1.82) is 0 Å². The molecule has 1 heterocycles. The van der Waals surface area contributed by atoms with Crippen LogP contribution in [0, 0.1) is 5.82 Å². The van der Waals surface area contributed by atoms with E-state index in [0.29, 0.717) is 22.7 Å². The van der Waals surface area contributed by atoms with Gasteiger partial charge < -0.3 is 14.8 Å². The van der Waals surface area contributed by atoms with Gasteiger partial charge in [-0.3, -0.25) is 14.5 Å². The summed E-state index contributed by atoms with van der Waals surface area (Å²) in [7, 11) is 3.02. The van der Waals surface area contributed by atoms with Gasteiger partial charge in [0.15, 0.2) is 11.5 Å². The third-order valence-electron chi connectivity index (χ3n) is 4.27. The van der Waals surface area contributed by atoms with Gasteiger partial charge in [-0.25, -0.2) is 4.39 Å². The standard InChI is InChI=1S/C21H19FN2O4/c1-4-11-24-20(25)18(13-5-7-14(22)8-6-13)19(21(24)26)23-15-9-10-16(27-2)17(12-15)28-3/h4-10,12,23H,1,11H2,2-3H3. The molecule has 2 aromatic rings. The van der Waals surface area contributed by atoms with Crippen LogP contribution in [0.5, 0.6) is 11.5 Å². The first-order valence-corrected chi connectivity index (χ1v) is 8.46. The minimum Gasteiger partial charge on any atom is -0.493 e. The molecule has 0 unspecified atom stereocenters. The van der Waals surface area contributed by atoms with Gasteiger partial charge in [-0.2, -0.15) is 0 Å². The van der Waals surface area contributed by atoms with E-state index in [9.17, 15) is 14.0 Å². The summed E-state index contributed by atoms with van der Waals surface area (Å²) in [5, 5.41) is 3.00. The molecule has 0 saturated heterocycles. The number of hydrogen-bond acceptors (Lipinski definition) is 5. The van der Waals surface area contributed by atoms with E-state index in [1.807, 2.05) is 0 Å². The smallest absolute Gasteiger partial charge is 0.278 e. The van der Waals surface area contributed by atoms with Crippen LogP contribution in [0.3, 0.4) is 0 Å². The summed E-state index contributed by atoms with van der Waals surface area (Å²) >= 11 is 0. The highest BCUT2D eigenvalue weighted by Gasteiger charge is 2.38. The molecule has 0 aliphatic carbocycles. The van der Waals surface area contributed by atoms with Gasteiger partial charge in [-0.05, 0) is 29.8 Å². The van der Waals surface area contributed by atoms with Crippen LogP contribution in [0.4, 0.5) is 10.1 Å². The van der Waals surface area contributed by atoms with Crippen molar-refractivity contribution in [3.05, 3.63) is 72.2 Å². The quantitative estimate of drug-likeness (QED) is 0.588. The van der Waals surface area contributed by atoms with Crippen LogP contribution < -0.4 is 14.8 Å². The number of anilines is 1. The molecule has 6 nitrogen and oxygen atoms in total. The van der Waals surface area contributed by atoms with Gasteiger partial charge >= 0.3 is 0 Å². The Labute approximate surface area is 161 Å². The average Bonchev–Trinajstić information content (AvgIpc) is 2.93. The van der Waals surface area contributed by atoms with Crippen molar-refractivity contribution in [2.45, 2.75) is 0 Å². The Hall–Kier alpha value is -3.61. The van der Waals surface area contributed by atoms with E-state index in [1.54, 1.807) is 18.2 Å². The zero-order chi connectivity index (χ0) is 20.3. The Kier molecular flexibility index (Phi) is 5.44. The maximum atomic E-state index is 13.3. The van der Waals surface area contributed by atoms with Crippen molar-refractivity contribution in [1.82, 2.24) is 4.90 Å². The Morgan fingerprint density at radius 2 is 1.71 bits per heavy atom. The topological polar surface area (TPSA) is 67.9 Å². The van der Waals surface area contributed by atoms with Crippen molar-refractivity contribution in [3.8, 4) is 11.5 Å². The minimum absolute atomic E-state index is 0.0689. The molecule has 1 aliphatic heterocycles. The molecule has 0 bridgehead atoms. The maximum absolute atomic E-state index is 13.3. The van der Waals surface area contributed by atoms with Crippen LogP contribution in [0.15, 0.2) is 60.8 Å². The lowest BCUT2D eigenvalue weighted by atomic mass is 10.0. The number of ether oxygens (including phenoxy) is 2. The van der Waals surface area contributed by atoms with Gasteiger partial charge in [0.25, 0.3) is 11.8 Å². The van der Waals surface area contributed by atoms with E-state index in [1.165, 1.54) is 44.6 Å². The molecule has 3 rings (SSSR count). The minimum atomic E-state index is -0.487. The average molecular weight is 382 g/mol. The van der Waals surface area contributed by atoms with Crippen molar-refractivity contribution < 1.29 is 23.5 Å². The van der Waals surface area contributed by atoms with Gasteiger partial charge in [-0.15, -0.1) is 6.58 Å². The number of carbonyl (C=O) groups is 2. The van der Waals surface area contributed by atoms with Gasteiger partial charge in [0.1, 0.15) is 11.5 Å².